The minimum Gasteiger partial charge on any atom is -0.480 e. The largest absolute Gasteiger partial charge is 0.480 e. The van der Waals surface area contributed by atoms with Crippen LogP contribution in [0.15, 0.2) is 0 Å². The zero-order valence-corrected chi connectivity index (χ0v) is 9.43. The smallest absolute Gasteiger partial charge is 0.322 e. The van der Waals surface area contributed by atoms with E-state index in [1.807, 2.05) is 0 Å². The van der Waals surface area contributed by atoms with Gasteiger partial charge in [-0.15, -0.1) is 11.8 Å². The molecule has 0 aromatic rings. The van der Waals surface area contributed by atoms with Crippen molar-refractivity contribution < 1.29 is 18.3 Å². The lowest BCUT2D eigenvalue weighted by atomic mass is 10.3. The van der Waals surface area contributed by atoms with Crippen molar-refractivity contribution >= 4 is 27.9 Å². The summed E-state index contributed by atoms with van der Waals surface area (Å²) < 4.78 is 26.0. The lowest BCUT2D eigenvalue weighted by Crippen LogP contribution is -2.48. The summed E-state index contributed by atoms with van der Waals surface area (Å²) in [6.45, 7) is 1.67. The first-order valence-electron chi connectivity index (χ1n) is 3.96. The van der Waals surface area contributed by atoms with Gasteiger partial charge in [-0.05, 0) is 6.92 Å². The van der Waals surface area contributed by atoms with Gasteiger partial charge in [0.25, 0.3) is 10.2 Å². The van der Waals surface area contributed by atoms with E-state index >= 15 is 0 Å². The third kappa shape index (κ3) is 2.02. The van der Waals surface area contributed by atoms with Gasteiger partial charge in [-0.3, -0.25) is 4.79 Å². The van der Waals surface area contributed by atoms with Crippen molar-refractivity contribution in [3.8, 4) is 0 Å². The van der Waals surface area contributed by atoms with Gasteiger partial charge < -0.3 is 5.11 Å². The quantitative estimate of drug-likeness (QED) is 0.681. The van der Waals surface area contributed by atoms with E-state index in [2.05, 4.69) is 4.72 Å². The molecule has 0 bridgehead atoms. The Morgan fingerprint density at radius 1 is 1.64 bits per heavy atom. The Morgan fingerprint density at radius 3 is 2.64 bits per heavy atom. The first kappa shape index (κ1) is 11.8. The van der Waals surface area contributed by atoms with Crippen LogP contribution in [0.4, 0.5) is 0 Å². The van der Waals surface area contributed by atoms with Crippen LogP contribution in [0.3, 0.4) is 0 Å². The minimum absolute atomic E-state index is 0.289. The maximum atomic E-state index is 11.5. The molecule has 0 saturated carbocycles. The number of hydrogen-bond donors (Lipinski definition) is 2. The van der Waals surface area contributed by atoms with Gasteiger partial charge >= 0.3 is 5.97 Å². The molecule has 14 heavy (non-hydrogen) atoms. The average Bonchev–Trinajstić information content (AvgIpc) is 2.47. The zero-order valence-electron chi connectivity index (χ0n) is 7.80. The average molecular weight is 240 g/mol. The van der Waals surface area contributed by atoms with Crippen LogP contribution in [-0.4, -0.2) is 48.0 Å². The van der Waals surface area contributed by atoms with Crippen LogP contribution in [0.5, 0.6) is 0 Å². The first-order valence-corrected chi connectivity index (χ1v) is 6.45. The second-order valence-electron chi connectivity index (χ2n) is 2.83. The van der Waals surface area contributed by atoms with Crippen LogP contribution < -0.4 is 4.72 Å². The molecule has 1 saturated heterocycles. The van der Waals surface area contributed by atoms with Gasteiger partial charge in [0.2, 0.25) is 0 Å². The fraction of sp³-hybridized carbons (Fsp3) is 0.833. The molecule has 2 atom stereocenters. The number of nitrogens with one attached hydrogen (secondary N) is 1. The highest BCUT2D eigenvalue weighted by Gasteiger charge is 2.43. The number of thioether (sulfide) groups is 1. The van der Waals surface area contributed by atoms with Crippen molar-refractivity contribution in [2.75, 3.05) is 12.8 Å². The summed E-state index contributed by atoms with van der Waals surface area (Å²) in [6, 6.07) is -0.965. The molecule has 0 aromatic carbocycles. The topological polar surface area (TPSA) is 86.7 Å². The van der Waals surface area contributed by atoms with E-state index in [1.165, 1.54) is 18.8 Å². The van der Waals surface area contributed by atoms with Crippen molar-refractivity contribution in [3.63, 3.8) is 0 Å². The lowest BCUT2D eigenvalue weighted by Gasteiger charge is -2.22. The third-order valence-corrected chi connectivity index (χ3v) is 4.97. The van der Waals surface area contributed by atoms with Crippen molar-refractivity contribution in [1.82, 2.24) is 9.03 Å². The number of aliphatic carboxylic acids is 1. The molecular formula is C6H12N2O4S2. The molecular weight excluding hydrogens is 228 g/mol. The first-order chi connectivity index (χ1) is 6.40. The van der Waals surface area contributed by atoms with Gasteiger partial charge in [0.15, 0.2) is 0 Å². The Hall–Kier alpha value is -0.310. The monoisotopic (exact) mass is 240 g/mol. The highest BCUT2D eigenvalue weighted by atomic mass is 32.2. The van der Waals surface area contributed by atoms with Crippen LogP contribution in [0.1, 0.15) is 6.92 Å². The standard InChI is InChI=1S/C6H12N2O4S2/c1-4-8(14(11,12)7-2)5(3-13-4)6(9)10/h4-5,7H,3H2,1-2H3,(H,9,10). The molecule has 1 fully saturated rings. The van der Waals surface area contributed by atoms with Gasteiger partial charge in [0, 0.05) is 12.8 Å². The molecule has 0 radical (unpaired) electrons. The molecule has 0 amide bonds. The van der Waals surface area contributed by atoms with Crippen molar-refractivity contribution in [2.24, 2.45) is 0 Å². The van der Waals surface area contributed by atoms with Gasteiger partial charge in [-0.1, -0.05) is 0 Å². The number of carboxylic acids is 1. The lowest BCUT2D eigenvalue weighted by molar-refractivity contribution is -0.140. The summed E-state index contributed by atoms with van der Waals surface area (Å²) in [5, 5.41) is 8.47. The van der Waals surface area contributed by atoms with Crippen LogP contribution in [-0.2, 0) is 15.0 Å². The Kier molecular flexibility index (Phi) is 3.40. The molecule has 2 N–H and O–H groups in total. The molecule has 0 spiro atoms. The molecule has 1 heterocycles. The zero-order chi connectivity index (χ0) is 10.9. The molecule has 1 aliphatic heterocycles. The predicted molar refractivity (Wildman–Crippen MR) is 53.2 cm³/mol. The maximum absolute atomic E-state index is 11.5. The van der Waals surface area contributed by atoms with Crippen LogP contribution in [0.2, 0.25) is 0 Å². The fourth-order valence-electron chi connectivity index (χ4n) is 1.28. The summed E-state index contributed by atoms with van der Waals surface area (Å²) in [4.78, 5) is 10.8. The third-order valence-electron chi connectivity index (χ3n) is 1.98. The molecule has 8 heteroatoms. The van der Waals surface area contributed by atoms with E-state index < -0.39 is 22.2 Å². The summed E-state index contributed by atoms with van der Waals surface area (Å²) in [5.74, 6) is -0.821. The maximum Gasteiger partial charge on any atom is 0.322 e. The molecule has 6 nitrogen and oxygen atoms in total. The number of rotatable bonds is 3. The van der Waals surface area contributed by atoms with E-state index in [-0.39, 0.29) is 11.1 Å². The Morgan fingerprint density at radius 2 is 2.21 bits per heavy atom. The number of carboxylic acid groups (broad SMARTS) is 1. The molecule has 1 rings (SSSR count). The van der Waals surface area contributed by atoms with E-state index in [1.54, 1.807) is 6.92 Å². The second kappa shape index (κ2) is 4.05. The summed E-state index contributed by atoms with van der Waals surface area (Å²) >= 11 is 1.31. The predicted octanol–water partition coefficient (Wildman–Crippen LogP) is -0.701. The number of hydrogen-bond acceptors (Lipinski definition) is 4. The van der Waals surface area contributed by atoms with Gasteiger partial charge in [-0.25, -0.2) is 4.72 Å². The minimum atomic E-state index is -3.66. The number of carbonyl (C=O) groups is 1. The van der Waals surface area contributed by atoms with Crippen molar-refractivity contribution in [1.29, 1.82) is 0 Å². The number of nitrogens with zero attached hydrogens (tertiary/aromatic N) is 1. The highest BCUT2D eigenvalue weighted by Crippen LogP contribution is 2.30. The SMILES string of the molecule is CNS(=O)(=O)N1C(C)SCC1C(=O)O. The Balaban J connectivity index is 2.99. The second-order valence-corrected chi connectivity index (χ2v) is 5.95. The molecule has 0 aliphatic carbocycles. The van der Waals surface area contributed by atoms with E-state index in [4.69, 9.17) is 5.11 Å². The Bertz CT molecular complexity index is 329. The molecule has 0 aromatic heterocycles. The summed E-state index contributed by atoms with van der Waals surface area (Å²) in [7, 11) is -2.39. The molecule has 2 unspecified atom stereocenters. The molecule has 82 valence electrons. The van der Waals surface area contributed by atoms with E-state index in [9.17, 15) is 13.2 Å². The highest BCUT2D eigenvalue weighted by molar-refractivity contribution is 8.01. The van der Waals surface area contributed by atoms with Gasteiger partial charge in [0.1, 0.15) is 6.04 Å². The normalized spacial score (nSPS) is 29.3. The van der Waals surface area contributed by atoms with Crippen LogP contribution in [0, 0.1) is 0 Å². The van der Waals surface area contributed by atoms with Crippen molar-refractivity contribution in [3.05, 3.63) is 0 Å². The fourth-order valence-corrected chi connectivity index (χ4v) is 4.06. The van der Waals surface area contributed by atoms with Gasteiger partial charge in [0.05, 0.1) is 5.37 Å². The van der Waals surface area contributed by atoms with Crippen LogP contribution in [0.25, 0.3) is 0 Å². The van der Waals surface area contributed by atoms with Crippen LogP contribution >= 0.6 is 11.8 Å². The Labute approximate surface area is 86.8 Å². The van der Waals surface area contributed by atoms with Crippen molar-refractivity contribution in [2.45, 2.75) is 18.3 Å². The van der Waals surface area contributed by atoms with E-state index in [0.29, 0.717) is 0 Å². The summed E-state index contributed by atoms with van der Waals surface area (Å²) in [5.41, 5.74) is 0. The summed E-state index contributed by atoms with van der Waals surface area (Å²) in [6.07, 6.45) is 0. The van der Waals surface area contributed by atoms with Gasteiger partial charge in [-0.2, -0.15) is 12.7 Å². The molecule has 1 aliphatic rings. The van der Waals surface area contributed by atoms with E-state index in [0.717, 1.165) is 4.31 Å².